The molecule has 0 amide bonds. The first-order valence-corrected chi connectivity index (χ1v) is 16.6. The first-order valence-electron chi connectivity index (χ1n) is 16.6. The molecule has 0 fully saturated rings. The van der Waals surface area contributed by atoms with Gasteiger partial charge in [-0.2, -0.15) is 0 Å². The number of para-hydroxylation sites is 3. The summed E-state index contributed by atoms with van der Waals surface area (Å²) in [5.74, 6) is 1.67. The van der Waals surface area contributed by atoms with Crippen LogP contribution in [-0.2, 0) is 0 Å². The van der Waals surface area contributed by atoms with Gasteiger partial charge in [-0.05, 0) is 58.7 Å². The maximum atomic E-state index is 6.53. The van der Waals surface area contributed by atoms with Gasteiger partial charge in [0.1, 0.15) is 22.3 Å². The van der Waals surface area contributed by atoms with Gasteiger partial charge in [0.2, 0.25) is 0 Å². The second-order valence-electron chi connectivity index (χ2n) is 12.4. The molecule has 5 heteroatoms. The van der Waals surface area contributed by atoms with Crippen LogP contribution < -0.4 is 0 Å². The molecular formula is C45H27N3O2. The largest absolute Gasteiger partial charge is 0.456 e. The summed E-state index contributed by atoms with van der Waals surface area (Å²) in [4.78, 5) is 15.5. The Morgan fingerprint density at radius 3 is 1.66 bits per heavy atom. The number of benzene rings is 7. The molecule has 0 spiro atoms. The molecule has 0 aliphatic rings. The average Bonchev–Trinajstić information content (AvgIpc) is 3.77. The Morgan fingerprint density at radius 1 is 0.320 bits per heavy atom. The van der Waals surface area contributed by atoms with E-state index in [0.29, 0.717) is 17.5 Å². The average molecular weight is 642 g/mol. The summed E-state index contributed by atoms with van der Waals surface area (Å²) in [6.07, 6.45) is 0. The Labute approximate surface area is 287 Å². The molecule has 0 aliphatic heterocycles. The van der Waals surface area contributed by atoms with Gasteiger partial charge in [0, 0.05) is 32.7 Å². The Bertz CT molecular complexity index is 2870. The summed E-state index contributed by atoms with van der Waals surface area (Å²) < 4.78 is 13.0. The predicted octanol–water partition coefficient (Wildman–Crippen LogP) is 12.0. The third-order valence-corrected chi connectivity index (χ3v) is 9.34. The third-order valence-electron chi connectivity index (χ3n) is 9.34. The number of aromatic nitrogens is 3. The van der Waals surface area contributed by atoms with Crippen LogP contribution in [0.2, 0.25) is 0 Å². The van der Waals surface area contributed by atoms with Crippen molar-refractivity contribution < 1.29 is 8.83 Å². The molecule has 50 heavy (non-hydrogen) atoms. The molecule has 0 atom stereocenters. The lowest BCUT2D eigenvalue weighted by Gasteiger charge is -2.12. The van der Waals surface area contributed by atoms with E-state index in [1.54, 1.807) is 0 Å². The topological polar surface area (TPSA) is 65.0 Å². The monoisotopic (exact) mass is 641 g/mol. The molecule has 0 aliphatic carbocycles. The van der Waals surface area contributed by atoms with Crippen molar-refractivity contribution in [2.24, 2.45) is 0 Å². The highest BCUT2D eigenvalue weighted by Gasteiger charge is 2.21. The lowest BCUT2D eigenvalue weighted by Crippen LogP contribution is -2.01. The van der Waals surface area contributed by atoms with E-state index >= 15 is 0 Å². The van der Waals surface area contributed by atoms with Gasteiger partial charge in [0.15, 0.2) is 17.5 Å². The van der Waals surface area contributed by atoms with Crippen LogP contribution in [-0.4, -0.2) is 15.0 Å². The van der Waals surface area contributed by atoms with Crippen molar-refractivity contribution in [1.29, 1.82) is 0 Å². The van der Waals surface area contributed by atoms with Crippen LogP contribution in [0.1, 0.15) is 0 Å². The van der Waals surface area contributed by atoms with Gasteiger partial charge in [0.05, 0.1) is 5.56 Å². The quantitative estimate of drug-likeness (QED) is 0.187. The van der Waals surface area contributed by atoms with E-state index in [2.05, 4.69) is 78.9 Å². The highest BCUT2D eigenvalue weighted by atomic mass is 16.3. The van der Waals surface area contributed by atoms with Crippen molar-refractivity contribution in [3.8, 4) is 56.4 Å². The Hall–Kier alpha value is -6.85. The zero-order chi connectivity index (χ0) is 33.0. The van der Waals surface area contributed by atoms with E-state index in [4.69, 9.17) is 23.8 Å². The first kappa shape index (κ1) is 28.2. The molecule has 0 unspecified atom stereocenters. The normalized spacial score (nSPS) is 11.6. The van der Waals surface area contributed by atoms with Crippen LogP contribution in [0.3, 0.4) is 0 Å². The second-order valence-corrected chi connectivity index (χ2v) is 12.4. The fraction of sp³-hybridized carbons (Fsp3) is 0. The van der Waals surface area contributed by atoms with Crippen molar-refractivity contribution in [2.45, 2.75) is 0 Å². The lowest BCUT2D eigenvalue weighted by molar-refractivity contribution is 0.668. The molecule has 0 bridgehead atoms. The number of fused-ring (bicyclic) bond motifs is 6. The Kier molecular flexibility index (Phi) is 6.42. The van der Waals surface area contributed by atoms with Crippen molar-refractivity contribution in [3.63, 3.8) is 0 Å². The zero-order valence-corrected chi connectivity index (χ0v) is 26.7. The third kappa shape index (κ3) is 4.67. The van der Waals surface area contributed by atoms with Gasteiger partial charge >= 0.3 is 0 Å². The fourth-order valence-electron chi connectivity index (χ4n) is 6.96. The number of rotatable bonds is 5. The SMILES string of the molecule is c1ccc(-c2cccc(-c3cc(-c4nc(-c5ccccc5)nc(-c5cccc6c5oc5ccccc56)n4)c4c(c3)oc3ccccc34)c2)cc1. The van der Waals surface area contributed by atoms with Gasteiger partial charge in [-0.1, -0.05) is 127 Å². The van der Waals surface area contributed by atoms with E-state index in [1.807, 2.05) is 84.9 Å². The summed E-state index contributed by atoms with van der Waals surface area (Å²) >= 11 is 0. The maximum Gasteiger partial charge on any atom is 0.167 e. The van der Waals surface area contributed by atoms with E-state index in [0.717, 1.165) is 82.8 Å². The summed E-state index contributed by atoms with van der Waals surface area (Å²) in [5.41, 5.74) is 10.1. The molecule has 0 N–H and O–H groups in total. The number of furan rings is 2. The van der Waals surface area contributed by atoms with Gasteiger partial charge < -0.3 is 8.83 Å². The van der Waals surface area contributed by atoms with Crippen molar-refractivity contribution in [1.82, 2.24) is 15.0 Å². The standard InChI is InChI=1S/C45H27N3O2/c1-3-13-28(14-4-1)30-17-11-18-31(25-30)32-26-37(41-35-20-8-10-24-39(35)49-40(41)27-32)45-47-43(29-15-5-2-6-16-29)46-44(48-45)36-22-12-21-34-33-19-7-9-23-38(33)50-42(34)36/h1-27H. The number of nitrogens with zero attached hydrogens (tertiary/aromatic N) is 3. The van der Waals surface area contributed by atoms with Crippen molar-refractivity contribution in [2.75, 3.05) is 0 Å². The predicted molar refractivity (Wildman–Crippen MR) is 202 cm³/mol. The number of hydrogen-bond donors (Lipinski definition) is 0. The number of hydrogen-bond acceptors (Lipinski definition) is 5. The minimum absolute atomic E-state index is 0.538. The highest BCUT2D eigenvalue weighted by Crippen LogP contribution is 2.41. The van der Waals surface area contributed by atoms with Crippen molar-refractivity contribution >= 4 is 43.9 Å². The minimum atomic E-state index is 0.538. The van der Waals surface area contributed by atoms with Gasteiger partial charge in [-0.15, -0.1) is 0 Å². The Morgan fingerprint density at radius 2 is 0.880 bits per heavy atom. The molecule has 234 valence electrons. The molecule has 10 aromatic rings. The van der Waals surface area contributed by atoms with E-state index < -0.39 is 0 Å². The molecule has 0 saturated carbocycles. The minimum Gasteiger partial charge on any atom is -0.456 e. The van der Waals surface area contributed by atoms with Crippen molar-refractivity contribution in [3.05, 3.63) is 164 Å². The van der Waals surface area contributed by atoms with Crippen LogP contribution in [0.4, 0.5) is 0 Å². The first-order chi connectivity index (χ1) is 24.8. The van der Waals surface area contributed by atoms with Gasteiger partial charge in [-0.25, -0.2) is 15.0 Å². The molecule has 0 radical (unpaired) electrons. The second kappa shape index (κ2) is 11.4. The molecule has 0 saturated heterocycles. The Balaban J connectivity index is 1.25. The zero-order valence-electron chi connectivity index (χ0n) is 26.7. The fourth-order valence-corrected chi connectivity index (χ4v) is 6.96. The van der Waals surface area contributed by atoms with Crippen LogP contribution in [0.15, 0.2) is 173 Å². The van der Waals surface area contributed by atoms with Crippen LogP contribution in [0.25, 0.3) is 100 Å². The summed E-state index contributed by atoms with van der Waals surface area (Å²) in [5, 5.41) is 4.04. The van der Waals surface area contributed by atoms with Gasteiger partial charge in [-0.3, -0.25) is 0 Å². The van der Waals surface area contributed by atoms with Crippen LogP contribution >= 0.6 is 0 Å². The van der Waals surface area contributed by atoms with Crippen LogP contribution in [0.5, 0.6) is 0 Å². The molecule has 5 nitrogen and oxygen atoms in total. The molecular weight excluding hydrogens is 615 g/mol. The highest BCUT2D eigenvalue weighted by molar-refractivity contribution is 6.13. The lowest BCUT2D eigenvalue weighted by atomic mass is 9.95. The molecule has 10 rings (SSSR count). The molecule has 3 aromatic heterocycles. The summed E-state index contributed by atoms with van der Waals surface area (Å²) in [6.45, 7) is 0. The van der Waals surface area contributed by atoms with E-state index in [1.165, 1.54) is 0 Å². The van der Waals surface area contributed by atoms with Crippen LogP contribution in [0, 0.1) is 0 Å². The van der Waals surface area contributed by atoms with Gasteiger partial charge in [0.25, 0.3) is 0 Å². The molecule has 3 heterocycles. The maximum absolute atomic E-state index is 6.53. The van der Waals surface area contributed by atoms with E-state index in [9.17, 15) is 0 Å². The smallest absolute Gasteiger partial charge is 0.167 e. The summed E-state index contributed by atoms with van der Waals surface area (Å²) in [7, 11) is 0. The summed E-state index contributed by atoms with van der Waals surface area (Å²) in [6, 6.07) is 55.7. The molecule has 7 aromatic carbocycles. The van der Waals surface area contributed by atoms with E-state index in [-0.39, 0.29) is 0 Å².